The maximum absolute atomic E-state index is 11.1. The first-order valence-corrected chi connectivity index (χ1v) is 6.74. The molecule has 3 aromatic rings. The number of carboxylic acids is 1. The van der Waals surface area contributed by atoms with Gasteiger partial charge >= 0.3 is 5.97 Å². The number of benzene rings is 1. The van der Waals surface area contributed by atoms with E-state index < -0.39 is 5.97 Å². The van der Waals surface area contributed by atoms with Crippen LogP contribution in [0.3, 0.4) is 0 Å². The molecule has 0 aliphatic heterocycles. The molecule has 3 rings (SSSR count). The monoisotopic (exact) mass is 273 g/mol. The molecule has 0 amide bonds. The molecular weight excluding hydrogens is 262 g/mol. The third-order valence-corrected chi connectivity index (χ3v) is 3.61. The van der Waals surface area contributed by atoms with E-state index in [0.29, 0.717) is 5.52 Å². The summed E-state index contributed by atoms with van der Waals surface area (Å²) in [4.78, 5) is 19.5. The second-order valence-corrected chi connectivity index (χ2v) is 4.86. The summed E-state index contributed by atoms with van der Waals surface area (Å²) in [5, 5.41) is 11.1. The molecule has 0 bridgehead atoms. The number of imidazole rings is 1. The zero-order valence-electron chi connectivity index (χ0n) is 9.98. The highest BCUT2D eigenvalue weighted by Gasteiger charge is 2.12. The SMILES string of the molecule is O=C(O)c1cccc2c1ncn2CCc1cscn1. The molecule has 0 unspecified atom stereocenters. The summed E-state index contributed by atoms with van der Waals surface area (Å²) in [6.45, 7) is 0.739. The van der Waals surface area contributed by atoms with Crippen LogP contribution in [0.15, 0.2) is 35.4 Å². The second kappa shape index (κ2) is 4.81. The number of carboxylic acid groups (broad SMARTS) is 1. The average molecular weight is 273 g/mol. The van der Waals surface area contributed by atoms with Gasteiger partial charge in [0.25, 0.3) is 0 Å². The Hall–Kier alpha value is -2.21. The summed E-state index contributed by atoms with van der Waals surface area (Å²) in [7, 11) is 0. The highest BCUT2D eigenvalue weighted by molar-refractivity contribution is 7.07. The van der Waals surface area contributed by atoms with Gasteiger partial charge in [-0.1, -0.05) is 6.07 Å². The quantitative estimate of drug-likeness (QED) is 0.792. The van der Waals surface area contributed by atoms with Crippen molar-refractivity contribution in [2.75, 3.05) is 0 Å². The first-order chi connectivity index (χ1) is 9.25. The Labute approximate surface area is 113 Å². The van der Waals surface area contributed by atoms with E-state index in [2.05, 4.69) is 9.97 Å². The molecule has 0 saturated heterocycles. The number of thiazole rings is 1. The Bertz CT molecular complexity index is 719. The third-order valence-electron chi connectivity index (χ3n) is 2.97. The van der Waals surface area contributed by atoms with Gasteiger partial charge in [0.15, 0.2) is 0 Å². The molecule has 1 aromatic carbocycles. The maximum Gasteiger partial charge on any atom is 0.337 e. The molecule has 0 aliphatic carbocycles. The molecule has 1 N–H and O–H groups in total. The Balaban J connectivity index is 1.92. The minimum atomic E-state index is -0.949. The first-order valence-electron chi connectivity index (χ1n) is 5.80. The molecule has 5 nitrogen and oxygen atoms in total. The molecule has 0 saturated carbocycles. The van der Waals surface area contributed by atoms with Gasteiger partial charge in [0.2, 0.25) is 0 Å². The van der Waals surface area contributed by atoms with Crippen LogP contribution in [0.25, 0.3) is 11.0 Å². The summed E-state index contributed by atoms with van der Waals surface area (Å²) >= 11 is 1.57. The van der Waals surface area contributed by atoms with Crippen LogP contribution in [-0.4, -0.2) is 25.6 Å². The third kappa shape index (κ3) is 2.22. The van der Waals surface area contributed by atoms with Crippen molar-refractivity contribution in [1.29, 1.82) is 0 Å². The summed E-state index contributed by atoms with van der Waals surface area (Å²) in [5.41, 5.74) is 4.47. The van der Waals surface area contributed by atoms with Gasteiger partial charge in [0.05, 0.1) is 28.6 Å². The normalized spacial score (nSPS) is 10.9. The van der Waals surface area contributed by atoms with Crippen LogP contribution in [0, 0.1) is 0 Å². The van der Waals surface area contributed by atoms with Crippen LogP contribution < -0.4 is 0 Å². The fraction of sp³-hybridized carbons (Fsp3) is 0.154. The minimum absolute atomic E-state index is 0.241. The standard InChI is InChI=1S/C13H11N3O2S/c17-13(18)10-2-1-3-11-12(10)14-7-16(11)5-4-9-6-19-8-15-9/h1-3,6-8H,4-5H2,(H,17,18). The lowest BCUT2D eigenvalue weighted by Crippen LogP contribution is -2.01. The van der Waals surface area contributed by atoms with E-state index in [1.807, 2.05) is 21.5 Å². The largest absolute Gasteiger partial charge is 0.478 e. The molecule has 0 atom stereocenters. The van der Waals surface area contributed by atoms with Gasteiger partial charge in [-0.2, -0.15) is 0 Å². The predicted molar refractivity (Wildman–Crippen MR) is 72.5 cm³/mol. The van der Waals surface area contributed by atoms with Crippen molar-refractivity contribution < 1.29 is 9.90 Å². The number of carbonyl (C=O) groups is 1. The minimum Gasteiger partial charge on any atom is -0.478 e. The molecule has 6 heteroatoms. The van der Waals surface area contributed by atoms with E-state index in [9.17, 15) is 4.79 Å². The van der Waals surface area contributed by atoms with Crippen molar-refractivity contribution >= 4 is 28.3 Å². The predicted octanol–water partition coefficient (Wildman–Crippen LogP) is 2.43. The number of para-hydroxylation sites is 1. The number of fused-ring (bicyclic) bond motifs is 1. The van der Waals surface area contributed by atoms with E-state index in [4.69, 9.17) is 5.11 Å². The van der Waals surface area contributed by atoms with E-state index >= 15 is 0 Å². The molecule has 96 valence electrons. The summed E-state index contributed by atoms with van der Waals surface area (Å²) < 4.78 is 1.96. The molecule has 0 aliphatic rings. The van der Waals surface area contributed by atoms with Gasteiger partial charge in [0, 0.05) is 18.3 Å². The molecule has 2 heterocycles. The van der Waals surface area contributed by atoms with Gasteiger partial charge in [-0.15, -0.1) is 11.3 Å². The Morgan fingerprint density at radius 1 is 1.37 bits per heavy atom. The van der Waals surface area contributed by atoms with Gasteiger partial charge in [-0.3, -0.25) is 0 Å². The van der Waals surface area contributed by atoms with Crippen LogP contribution in [0.1, 0.15) is 16.1 Å². The Morgan fingerprint density at radius 2 is 2.26 bits per heavy atom. The molecule has 0 spiro atoms. The van der Waals surface area contributed by atoms with Gasteiger partial charge in [-0.25, -0.2) is 14.8 Å². The fourth-order valence-electron chi connectivity index (χ4n) is 2.04. The zero-order chi connectivity index (χ0) is 13.2. The zero-order valence-corrected chi connectivity index (χ0v) is 10.8. The molecule has 0 fully saturated rings. The summed E-state index contributed by atoms with van der Waals surface area (Å²) in [5.74, 6) is -0.949. The second-order valence-electron chi connectivity index (χ2n) is 4.15. The van der Waals surface area contributed by atoms with Crippen LogP contribution >= 0.6 is 11.3 Å². The number of hydrogen-bond donors (Lipinski definition) is 1. The first kappa shape index (κ1) is 11.9. The smallest absolute Gasteiger partial charge is 0.337 e. The number of hydrogen-bond acceptors (Lipinski definition) is 4. The van der Waals surface area contributed by atoms with Crippen LogP contribution in [0.4, 0.5) is 0 Å². The van der Waals surface area contributed by atoms with Gasteiger partial charge in [-0.05, 0) is 12.1 Å². The lowest BCUT2D eigenvalue weighted by molar-refractivity contribution is 0.0699. The van der Waals surface area contributed by atoms with Crippen LogP contribution in [0.5, 0.6) is 0 Å². The Morgan fingerprint density at radius 3 is 3.00 bits per heavy atom. The van der Waals surface area contributed by atoms with Crippen molar-refractivity contribution in [3.05, 3.63) is 46.7 Å². The number of aryl methyl sites for hydroxylation is 2. The van der Waals surface area contributed by atoms with Crippen LogP contribution in [-0.2, 0) is 13.0 Å². The molecule has 0 radical (unpaired) electrons. The van der Waals surface area contributed by atoms with Gasteiger partial charge < -0.3 is 9.67 Å². The van der Waals surface area contributed by atoms with E-state index in [0.717, 1.165) is 24.2 Å². The van der Waals surface area contributed by atoms with Crippen molar-refractivity contribution in [3.8, 4) is 0 Å². The average Bonchev–Trinajstić information content (AvgIpc) is 3.05. The number of aromatic carboxylic acids is 1. The molecule has 19 heavy (non-hydrogen) atoms. The van der Waals surface area contributed by atoms with Crippen LogP contribution in [0.2, 0.25) is 0 Å². The fourth-order valence-corrected chi connectivity index (χ4v) is 2.63. The van der Waals surface area contributed by atoms with Crippen molar-refractivity contribution in [3.63, 3.8) is 0 Å². The van der Waals surface area contributed by atoms with Crippen molar-refractivity contribution in [2.45, 2.75) is 13.0 Å². The lowest BCUT2D eigenvalue weighted by Gasteiger charge is -2.03. The summed E-state index contributed by atoms with van der Waals surface area (Å²) in [6, 6.07) is 5.20. The van der Waals surface area contributed by atoms with E-state index in [1.54, 1.807) is 29.8 Å². The number of rotatable bonds is 4. The summed E-state index contributed by atoms with van der Waals surface area (Å²) in [6.07, 6.45) is 2.50. The number of aromatic nitrogens is 3. The van der Waals surface area contributed by atoms with E-state index in [-0.39, 0.29) is 5.56 Å². The molecular formula is C13H11N3O2S. The van der Waals surface area contributed by atoms with Crippen molar-refractivity contribution in [1.82, 2.24) is 14.5 Å². The lowest BCUT2D eigenvalue weighted by atomic mass is 10.2. The highest BCUT2D eigenvalue weighted by Crippen LogP contribution is 2.18. The van der Waals surface area contributed by atoms with E-state index in [1.165, 1.54) is 0 Å². The van der Waals surface area contributed by atoms with Gasteiger partial charge in [0.1, 0.15) is 5.52 Å². The molecule has 2 aromatic heterocycles. The number of nitrogens with zero attached hydrogens (tertiary/aromatic N) is 3. The topological polar surface area (TPSA) is 68.0 Å². The maximum atomic E-state index is 11.1. The van der Waals surface area contributed by atoms with Crippen molar-refractivity contribution in [2.24, 2.45) is 0 Å². The highest BCUT2D eigenvalue weighted by atomic mass is 32.1. The Kier molecular flexibility index (Phi) is 3.00.